The van der Waals surface area contributed by atoms with Crippen LogP contribution in [0.1, 0.15) is 18.1 Å². The molecule has 0 N–H and O–H groups in total. The van der Waals surface area contributed by atoms with Gasteiger partial charge in [-0.1, -0.05) is 48.5 Å². The van der Waals surface area contributed by atoms with Gasteiger partial charge in [-0.25, -0.2) is 9.97 Å². The molecule has 5 rings (SSSR count). The lowest BCUT2D eigenvalue weighted by molar-refractivity contribution is 0.311. The third-order valence-electron chi connectivity index (χ3n) is 6.63. The second-order valence-electron chi connectivity index (χ2n) is 8.90. The Kier molecular flexibility index (Phi) is 6.45. The molecule has 35 heavy (non-hydrogen) atoms. The molecule has 0 spiro atoms. The molecule has 1 saturated heterocycles. The minimum Gasteiger partial charge on any atom is -0.493 e. The van der Waals surface area contributed by atoms with Gasteiger partial charge in [0.1, 0.15) is 5.82 Å². The second-order valence-corrected chi connectivity index (χ2v) is 8.90. The molecule has 0 radical (unpaired) electrons. The molecular weight excluding hydrogens is 436 g/mol. The molecule has 1 aliphatic rings. The molecule has 3 aromatic carbocycles. The SMILES string of the molecule is CCOc1cc2c(N3CCN(c4c(C)cccc4C)CC3)nc(-c3ccccc3)nc2cc1OC. The first-order valence-electron chi connectivity index (χ1n) is 12.2. The lowest BCUT2D eigenvalue weighted by Gasteiger charge is -2.38. The summed E-state index contributed by atoms with van der Waals surface area (Å²) in [6.07, 6.45) is 0. The van der Waals surface area contributed by atoms with E-state index >= 15 is 0 Å². The highest BCUT2D eigenvalue weighted by molar-refractivity contribution is 5.93. The second kappa shape index (κ2) is 9.82. The fourth-order valence-electron chi connectivity index (χ4n) is 4.95. The molecule has 0 aliphatic carbocycles. The summed E-state index contributed by atoms with van der Waals surface area (Å²) in [5.41, 5.74) is 5.86. The molecule has 0 bridgehead atoms. The summed E-state index contributed by atoms with van der Waals surface area (Å²) < 4.78 is 11.5. The topological polar surface area (TPSA) is 50.7 Å². The number of rotatable bonds is 6. The van der Waals surface area contributed by atoms with E-state index in [4.69, 9.17) is 19.4 Å². The van der Waals surface area contributed by atoms with Crippen molar-refractivity contribution in [1.82, 2.24) is 9.97 Å². The van der Waals surface area contributed by atoms with Gasteiger partial charge in [0.05, 0.1) is 19.2 Å². The summed E-state index contributed by atoms with van der Waals surface area (Å²) in [6, 6.07) is 20.7. The maximum Gasteiger partial charge on any atom is 0.162 e. The van der Waals surface area contributed by atoms with E-state index in [1.807, 2.05) is 37.3 Å². The fourth-order valence-corrected chi connectivity index (χ4v) is 4.95. The maximum absolute atomic E-state index is 5.89. The van der Waals surface area contributed by atoms with Gasteiger partial charge >= 0.3 is 0 Å². The van der Waals surface area contributed by atoms with Crippen molar-refractivity contribution in [2.75, 3.05) is 49.7 Å². The number of hydrogen-bond acceptors (Lipinski definition) is 6. The Bertz CT molecular complexity index is 1310. The van der Waals surface area contributed by atoms with E-state index in [0.717, 1.165) is 54.3 Å². The van der Waals surface area contributed by atoms with Crippen molar-refractivity contribution < 1.29 is 9.47 Å². The maximum atomic E-state index is 5.89. The minimum absolute atomic E-state index is 0.564. The van der Waals surface area contributed by atoms with Crippen LogP contribution in [-0.2, 0) is 0 Å². The highest BCUT2D eigenvalue weighted by Crippen LogP contribution is 2.37. The summed E-state index contributed by atoms with van der Waals surface area (Å²) in [7, 11) is 1.66. The predicted molar refractivity (Wildman–Crippen MR) is 143 cm³/mol. The Morgan fingerprint density at radius 2 is 1.49 bits per heavy atom. The van der Waals surface area contributed by atoms with Crippen molar-refractivity contribution >= 4 is 22.4 Å². The molecule has 6 nitrogen and oxygen atoms in total. The number of ether oxygens (including phenoxy) is 2. The Balaban J connectivity index is 1.56. The summed E-state index contributed by atoms with van der Waals surface area (Å²) in [6.45, 7) is 10.6. The van der Waals surface area contributed by atoms with Gasteiger partial charge in [0.15, 0.2) is 17.3 Å². The average molecular weight is 469 g/mol. The molecule has 180 valence electrons. The van der Waals surface area contributed by atoms with Gasteiger partial charge in [0.2, 0.25) is 0 Å². The number of piperazine rings is 1. The number of nitrogens with zero attached hydrogens (tertiary/aromatic N) is 4. The van der Waals surface area contributed by atoms with Crippen LogP contribution in [0.4, 0.5) is 11.5 Å². The van der Waals surface area contributed by atoms with Crippen LogP contribution in [0.25, 0.3) is 22.3 Å². The average Bonchev–Trinajstić information content (AvgIpc) is 2.89. The number of anilines is 2. The van der Waals surface area contributed by atoms with E-state index < -0.39 is 0 Å². The quantitative estimate of drug-likeness (QED) is 0.365. The van der Waals surface area contributed by atoms with Crippen LogP contribution in [0.3, 0.4) is 0 Å². The Hall–Kier alpha value is -3.80. The van der Waals surface area contributed by atoms with Crippen LogP contribution in [-0.4, -0.2) is 49.9 Å². The van der Waals surface area contributed by atoms with Gasteiger partial charge < -0.3 is 19.3 Å². The Morgan fingerprint density at radius 1 is 0.800 bits per heavy atom. The smallest absolute Gasteiger partial charge is 0.162 e. The van der Waals surface area contributed by atoms with Gasteiger partial charge in [-0.15, -0.1) is 0 Å². The highest BCUT2D eigenvalue weighted by atomic mass is 16.5. The molecule has 0 unspecified atom stereocenters. The van der Waals surface area contributed by atoms with Crippen molar-refractivity contribution in [1.29, 1.82) is 0 Å². The van der Waals surface area contributed by atoms with Gasteiger partial charge in [-0.3, -0.25) is 0 Å². The van der Waals surface area contributed by atoms with E-state index in [2.05, 4.69) is 54.0 Å². The van der Waals surface area contributed by atoms with Crippen LogP contribution in [0, 0.1) is 13.8 Å². The monoisotopic (exact) mass is 468 g/mol. The number of methoxy groups -OCH3 is 1. The van der Waals surface area contributed by atoms with Crippen LogP contribution in [0.2, 0.25) is 0 Å². The molecule has 2 heterocycles. The molecule has 0 amide bonds. The normalized spacial score (nSPS) is 13.8. The fraction of sp³-hybridized carbons (Fsp3) is 0.310. The van der Waals surface area contributed by atoms with Crippen LogP contribution in [0.5, 0.6) is 11.5 Å². The zero-order chi connectivity index (χ0) is 24.4. The first kappa shape index (κ1) is 23.0. The third-order valence-corrected chi connectivity index (χ3v) is 6.63. The van der Waals surface area contributed by atoms with Crippen LogP contribution < -0.4 is 19.3 Å². The number of aryl methyl sites for hydroxylation is 2. The summed E-state index contributed by atoms with van der Waals surface area (Å²) >= 11 is 0. The molecule has 1 aromatic heterocycles. The first-order valence-corrected chi connectivity index (χ1v) is 12.2. The van der Waals surface area contributed by atoms with Crippen molar-refractivity contribution in [2.24, 2.45) is 0 Å². The molecule has 6 heteroatoms. The molecule has 1 fully saturated rings. The van der Waals surface area contributed by atoms with E-state index in [1.165, 1.54) is 16.8 Å². The highest BCUT2D eigenvalue weighted by Gasteiger charge is 2.24. The number of hydrogen-bond donors (Lipinski definition) is 0. The summed E-state index contributed by atoms with van der Waals surface area (Å²) in [4.78, 5) is 14.9. The lowest BCUT2D eigenvalue weighted by Crippen LogP contribution is -2.47. The van der Waals surface area contributed by atoms with E-state index in [0.29, 0.717) is 18.1 Å². The van der Waals surface area contributed by atoms with E-state index in [1.54, 1.807) is 7.11 Å². The predicted octanol–water partition coefficient (Wildman–Crippen LogP) is 5.65. The standard InChI is InChI=1S/C29H32N4O2/c1-5-35-26-18-23-24(19-25(26)34-4)30-28(22-12-7-6-8-13-22)31-29(23)33-16-14-32(15-17-33)27-20(2)10-9-11-21(27)3/h6-13,18-19H,5,14-17H2,1-4H3. The summed E-state index contributed by atoms with van der Waals surface area (Å²) in [5.74, 6) is 3.06. The van der Waals surface area contributed by atoms with Gasteiger partial charge in [-0.2, -0.15) is 0 Å². The van der Waals surface area contributed by atoms with Gasteiger partial charge in [-0.05, 0) is 38.0 Å². The van der Waals surface area contributed by atoms with Crippen molar-refractivity contribution in [3.8, 4) is 22.9 Å². The van der Waals surface area contributed by atoms with Gasteiger partial charge in [0.25, 0.3) is 0 Å². The van der Waals surface area contributed by atoms with E-state index in [-0.39, 0.29) is 0 Å². The Morgan fingerprint density at radius 3 is 2.14 bits per heavy atom. The van der Waals surface area contributed by atoms with Crippen molar-refractivity contribution in [3.63, 3.8) is 0 Å². The van der Waals surface area contributed by atoms with Gasteiger partial charge in [0, 0.05) is 48.9 Å². The largest absolute Gasteiger partial charge is 0.493 e. The van der Waals surface area contributed by atoms with Crippen molar-refractivity contribution in [3.05, 3.63) is 71.8 Å². The molecule has 4 aromatic rings. The zero-order valence-corrected chi connectivity index (χ0v) is 20.9. The lowest BCUT2D eigenvalue weighted by atomic mass is 10.1. The van der Waals surface area contributed by atoms with E-state index in [9.17, 15) is 0 Å². The number of benzene rings is 3. The number of para-hydroxylation sites is 1. The summed E-state index contributed by atoms with van der Waals surface area (Å²) in [5, 5.41) is 0.981. The molecule has 0 atom stereocenters. The van der Waals surface area contributed by atoms with Crippen molar-refractivity contribution in [2.45, 2.75) is 20.8 Å². The first-order chi connectivity index (χ1) is 17.1. The third kappa shape index (κ3) is 4.48. The molecular formula is C29H32N4O2. The van der Waals surface area contributed by atoms with Crippen LogP contribution in [0.15, 0.2) is 60.7 Å². The number of aromatic nitrogens is 2. The van der Waals surface area contributed by atoms with Crippen LogP contribution >= 0.6 is 0 Å². The minimum atomic E-state index is 0.564. The Labute approximate surface area is 207 Å². The molecule has 0 saturated carbocycles. The number of fused-ring (bicyclic) bond motifs is 1. The molecule has 1 aliphatic heterocycles. The zero-order valence-electron chi connectivity index (χ0n) is 20.9.